The Bertz CT molecular complexity index is 210. The first-order valence-electron chi connectivity index (χ1n) is 3.52. The molecule has 2 rings (SSSR count). The van der Waals surface area contributed by atoms with Gasteiger partial charge in [-0.25, -0.2) is 0 Å². The average molecular weight is 156 g/mol. The van der Waals surface area contributed by atoms with E-state index in [1.807, 2.05) is 18.2 Å². The zero-order valence-corrected chi connectivity index (χ0v) is 8.71. The molecular formula is C9H9NaO. The number of rotatable bonds is 0. The molecule has 0 radical (unpaired) electrons. The number of benzene rings is 1. The van der Waals surface area contributed by atoms with E-state index < -0.39 is 0 Å². The fourth-order valence-corrected chi connectivity index (χ4v) is 1.16. The fourth-order valence-electron chi connectivity index (χ4n) is 1.16. The average Bonchev–Trinajstić information content (AvgIpc) is 2.05. The van der Waals surface area contributed by atoms with Crippen molar-refractivity contribution in [3.05, 3.63) is 36.2 Å². The molecule has 1 aliphatic rings. The van der Waals surface area contributed by atoms with Crippen LogP contribution in [0.5, 0.6) is 5.75 Å². The maximum Gasteiger partial charge on any atom is 1.00 e. The van der Waals surface area contributed by atoms with Gasteiger partial charge in [0.2, 0.25) is 0 Å². The van der Waals surface area contributed by atoms with Crippen LogP contribution < -0.4 is 34.3 Å². The van der Waals surface area contributed by atoms with Crippen LogP contribution in [0.4, 0.5) is 0 Å². The number of ether oxygens (including phenoxy) is 1. The van der Waals surface area contributed by atoms with Gasteiger partial charge in [-0.05, 0) is 6.42 Å². The molecule has 0 fully saturated rings. The van der Waals surface area contributed by atoms with Gasteiger partial charge in [0.05, 0.1) is 6.61 Å². The van der Waals surface area contributed by atoms with Crippen molar-refractivity contribution in [3.8, 4) is 5.75 Å². The van der Waals surface area contributed by atoms with Gasteiger partial charge in [-0.3, -0.25) is 0 Å². The topological polar surface area (TPSA) is 9.23 Å². The molecule has 0 saturated heterocycles. The minimum absolute atomic E-state index is 0. The van der Waals surface area contributed by atoms with E-state index in [0.29, 0.717) is 0 Å². The van der Waals surface area contributed by atoms with E-state index in [9.17, 15) is 0 Å². The molecule has 0 bridgehead atoms. The predicted octanol–water partition coefficient (Wildman–Crippen LogP) is -0.975. The van der Waals surface area contributed by atoms with Gasteiger partial charge in [-0.1, -0.05) is 12.1 Å². The van der Waals surface area contributed by atoms with Crippen molar-refractivity contribution in [1.29, 1.82) is 0 Å². The SMILES string of the molecule is [Na+].c1ccc2c(c1)[CH-]CCO2. The Kier molecular flexibility index (Phi) is 3.31. The van der Waals surface area contributed by atoms with E-state index in [-0.39, 0.29) is 29.6 Å². The largest absolute Gasteiger partial charge is 1.00 e. The van der Waals surface area contributed by atoms with Crippen LogP contribution in [0.3, 0.4) is 0 Å². The molecule has 1 aromatic rings. The van der Waals surface area contributed by atoms with Gasteiger partial charge in [0.1, 0.15) is 0 Å². The summed E-state index contributed by atoms with van der Waals surface area (Å²) in [5.74, 6) is 1.02. The van der Waals surface area contributed by atoms with Crippen LogP contribution in [0.15, 0.2) is 24.3 Å². The number of para-hydroxylation sites is 1. The Balaban J connectivity index is 0.000000605. The third kappa shape index (κ3) is 1.92. The van der Waals surface area contributed by atoms with Crippen molar-refractivity contribution in [2.45, 2.75) is 6.42 Å². The molecule has 1 aromatic carbocycles. The molecular weight excluding hydrogens is 147 g/mol. The third-order valence-electron chi connectivity index (χ3n) is 1.66. The fraction of sp³-hybridized carbons (Fsp3) is 0.222. The summed E-state index contributed by atoms with van der Waals surface area (Å²) in [4.78, 5) is 0. The van der Waals surface area contributed by atoms with Crippen LogP contribution in [0, 0.1) is 6.42 Å². The molecule has 0 atom stereocenters. The Morgan fingerprint density at radius 2 is 2.09 bits per heavy atom. The molecule has 1 heterocycles. The van der Waals surface area contributed by atoms with Crippen LogP contribution in [-0.2, 0) is 0 Å². The van der Waals surface area contributed by atoms with E-state index in [1.54, 1.807) is 0 Å². The van der Waals surface area contributed by atoms with Crippen molar-refractivity contribution >= 4 is 0 Å². The van der Waals surface area contributed by atoms with Crippen LogP contribution in [0.25, 0.3) is 0 Å². The Morgan fingerprint density at radius 3 is 2.91 bits per heavy atom. The standard InChI is InChI=1S/C9H9O.Na/c1-2-6-9-8(4-1)5-3-7-10-9;/h1-2,4-6H,3,7H2;/q-1;+1. The van der Waals surface area contributed by atoms with Gasteiger partial charge in [0, 0.05) is 5.75 Å². The second-order valence-corrected chi connectivity index (χ2v) is 2.38. The van der Waals surface area contributed by atoms with Crippen molar-refractivity contribution in [1.82, 2.24) is 0 Å². The first-order chi connectivity index (χ1) is 4.97. The maximum atomic E-state index is 5.39. The zero-order chi connectivity index (χ0) is 6.81. The van der Waals surface area contributed by atoms with Crippen molar-refractivity contribution in [2.24, 2.45) is 0 Å². The summed E-state index contributed by atoms with van der Waals surface area (Å²) in [6.07, 6.45) is 3.25. The van der Waals surface area contributed by atoms with Gasteiger partial charge in [0.15, 0.2) is 0 Å². The molecule has 0 aliphatic carbocycles. The van der Waals surface area contributed by atoms with E-state index in [1.165, 1.54) is 5.56 Å². The van der Waals surface area contributed by atoms with E-state index in [4.69, 9.17) is 4.74 Å². The van der Waals surface area contributed by atoms with E-state index >= 15 is 0 Å². The van der Waals surface area contributed by atoms with Gasteiger partial charge < -0.3 is 4.74 Å². The number of hydrogen-bond donors (Lipinski definition) is 0. The quantitative estimate of drug-likeness (QED) is 0.347. The number of fused-ring (bicyclic) bond motifs is 1. The summed E-state index contributed by atoms with van der Waals surface area (Å²) in [7, 11) is 0. The van der Waals surface area contributed by atoms with Gasteiger partial charge in [-0.15, -0.1) is 6.07 Å². The summed E-state index contributed by atoms with van der Waals surface area (Å²) < 4.78 is 5.39. The maximum absolute atomic E-state index is 5.39. The van der Waals surface area contributed by atoms with E-state index in [0.717, 1.165) is 18.8 Å². The normalized spacial score (nSPS) is 13.5. The third-order valence-corrected chi connectivity index (χ3v) is 1.66. The van der Waals surface area contributed by atoms with Crippen molar-refractivity contribution in [2.75, 3.05) is 6.61 Å². The Morgan fingerprint density at radius 1 is 1.27 bits per heavy atom. The van der Waals surface area contributed by atoms with Gasteiger partial charge in [0.25, 0.3) is 0 Å². The van der Waals surface area contributed by atoms with Gasteiger partial charge in [-0.2, -0.15) is 18.1 Å². The minimum Gasteiger partial charge on any atom is -0.551 e. The van der Waals surface area contributed by atoms with Crippen LogP contribution in [0.2, 0.25) is 0 Å². The number of hydrogen-bond acceptors (Lipinski definition) is 1. The Labute approximate surface area is 89.0 Å². The molecule has 0 saturated carbocycles. The molecule has 0 aromatic heterocycles. The summed E-state index contributed by atoms with van der Waals surface area (Å²) in [5, 5.41) is 0. The van der Waals surface area contributed by atoms with Crippen LogP contribution in [0.1, 0.15) is 12.0 Å². The summed E-state index contributed by atoms with van der Waals surface area (Å²) in [6, 6.07) is 8.11. The summed E-state index contributed by atoms with van der Waals surface area (Å²) in [5.41, 5.74) is 1.23. The first kappa shape index (κ1) is 8.98. The Hall–Kier alpha value is -0.110. The zero-order valence-electron chi connectivity index (χ0n) is 6.71. The summed E-state index contributed by atoms with van der Waals surface area (Å²) in [6.45, 7) is 0.830. The molecule has 1 nitrogen and oxygen atoms in total. The van der Waals surface area contributed by atoms with Gasteiger partial charge >= 0.3 is 29.6 Å². The molecule has 0 amide bonds. The smallest absolute Gasteiger partial charge is 0.551 e. The van der Waals surface area contributed by atoms with Crippen LogP contribution in [-0.4, -0.2) is 6.61 Å². The molecule has 2 heteroatoms. The minimum atomic E-state index is 0. The molecule has 0 N–H and O–H groups in total. The molecule has 11 heavy (non-hydrogen) atoms. The summed E-state index contributed by atoms with van der Waals surface area (Å²) >= 11 is 0. The monoisotopic (exact) mass is 156 g/mol. The second-order valence-electron chi connectivity index (χ2n) is 2.38. The van der Waals surface area contributed by atoms with Crippen molar-refractivity contribution < 1.29 is 34.3 Å². The molecule has 0 spiro atoms. The van der Waals surface area contributed by atoms with E-state index in [2.05, 4.69) is 12.5 Å². The molecule has 52 valence electrons. The molecule has 1 aliphatic heterocycles. The van der Waals surface area contributed by atoms with Crippen LogP contribution >= 0.6 is 0 Å². The predicted molar refractivity (Wildman–Crippen MR) is 40.0 cm³/mol. The second kappa shape index (κ2) is 4.05. The van der Waals surface area contributed by atoms with Crippen molar-refractivity contribution in [3.63, 3.8) is 0 Å². The first-order valence-corrected chi connectivity index (χ1v) is 3.52. The molecule has 0 unspecified atom stereocenters.